The monoisotopic (exact) mass is 466 g/mol. The third-order valence-electron chi connectivity index (χ3n) is 7.88. The number of nitrogens with two attached hydrogens (primary N) is 1. The van der Waals surface area contributed by atoms with E-state index in [9.17, 15) is 4.39 Å². The quantitative estimate of drug-likeness (QED) is 0.417. The van der Waals surface area contributed by atoms with Gasteiger partial charge in [0.25, 0.3) is 0 Å². The van der Waals surface area contributed by atoms with Crippen LogP contribution in [-0.4, -0.2) is 49.8 Å². The lowest BCUT2D eigenvalue weighted by Gasteiger charge is -2.26. The molecule has 174 valence electrons. The van der Waals surface area contributed by atoms with Gasteiger partial charge in [0, 0.05) is 42.8 Å². The van der Waals surface area contributed by atoms with Gasteiger partial charge in [-0.25, -0.2) is 14.4 Å². The second-order valence-corrected chi connectivity index (χ2v) is 9.40. The lowest BCUT2D eigenvalue weighted by atomic mass is 9.91. The number of piperidine rings is 1. The Balaban J connectivity index is 1.21. The van der Waals surface area contributed by atoms with Gasteiger partial charge >= 0.3 is 0 Å². The molecular formula is C26H23FN8. The van der Waals surface area contributed by atoms with Crippen LogP contribution in [0.4, 0.5) is 10.2 Å². The molecule has 2 aliphatic rings. The lowest BCUT2D eigenvalue weighted by molar-refractivity contribution is 0.533. The van der Waals surface area contributed by atoms with E-state index in [1.807, 2.05) is 30.3 Å². The fourth-order valence-electron chi connectivity index (χ4n) is 6.14. The summed E-state index contributed by atoms with van der Waals surface area (Å²) in [6.45, 7) is 2.04. The average molecular weight is 467 g/mol. The number of nitrogens with one attached hydrogen (secondary N) is 1. The largest absolute Gasteiger partial charge is 0.355 e. The number of benzene rings is 1. The summed E-state index contributed by atoms with van der Waals surface area (Å²) in [6, 6.07) is 12.8. The fraction of sp³-hybridized carbons (Fsp3) is 0.269. The maximum absolute atomic E-state index is 14.7. The molecule has 0 spiro atoms. The number of nitrogens with zero attached hydrogens (tertiary/aromatic N) is 6. The van der Waals surface area contributed by atoms with Gasteiger partial charge in [0.15, 0.2) is 5.65 Å². The minimum absolute atomic E-state index is 0.164. The fourth-order valence-corrected chi connectivity index (χ4v) is 6.14. The van der Waals surface area contributed by atoms with Crippen molar-refractivity contribution >= 4 is 27.9 Å². The molecule has 2 fully saturated rings. The van der Waals surface area contributed by atoms with Gasteiger partial charge in [0.1, 0.15) is 28.5 Å². The maximum Gasteiger partial charge on any atom is 0.177 e. The van der Waals surface area contributed by atoms with Crippen LogP contribution in [0.1, 0.15) is 12.0 Å². The van der Waals surface area contributed by atoms with Gasteiger partial charge in [-0.15, -0.1) is 0 Å². The molecule has 5 heterocycles. The van der Waals surface area contributed by atoms with E-state index < -0.39 is 0 Å². The molecule has 3 atom stereocenters. The Labute approximate surface area is 200 Å². The van der Waals surface area contributed by atoms with Crippen LogP contribution < -0.4 is 10.6 Å². The van der Waals surface area contributed by atoms with Crippen LogP contribution in [0.3, 0.4) is 0 Å². The molecular weight excluding hydrogens is 443 g/mol. The van der Waals surface area contributed by atoms with Crippen molar-refractivity contribution in [1.29, 1.82) is 0 Å². The van der Waals surface area contributed by atoms with Crippen molar-refractivity contribution in [3.8, 4) is 11.4 Å². The molecule has 9 heteroatoms. The summed E-state index contributed by atoms with van der Waals surface area (Å²) in [7, 11) is 0. The van der Waals surface area contributed by atoms with E-state index in [-0.39, 0.29) is 11.2 Å². The molecule has 4 aromatic heterocycles. The first kappa shape index (κ1) is 20.4. The van der Waals surface area contributed by atoms with Crippen LogP contribution >= 0.6 is 0 Å². The van der Waals surface area contributed by atoms with Crippen molar-refractivity contribution in [1.82, 2.24) is 30.1 Å². The number of aromatic nitrogens is 6. The van der Waals surface area contributed by atoms with E-state index in [4.69, 9.17) is 15.7 Å². The van der Waals surface area contributed by atoms with E-state index in [1.165, 1.54) is 6.07 Å². The highest BCUT2D eigenvalue weighted by molar-refractivity contribution is 5.98. The van der Waals surface area contributed by atoms with Crippen LogP contribution in [-0.2, 0) is 5.41 Å². The van der Waals surface area contributed by atoms with Gasteiger partial charge in [-0.05, 0) is 48.1 Å². The van der Waals surface area contributed by atoms with Crippen LogP contribution in [0, 0.1) is 17.7 Å². The number of halogens is 1. The number of hydrogen-bond acceptors (Lipinski definition) is 7. The van der Waals surface area contributed by atoms with Gasteiger partial charge in [-0.3, -0.25) is 15.1 Å². The Morgan fingerprint density at radius 2 is 1.94 bits per heavy atom. The normalized spacial score (nSPS) is 23.5. The van der Waals surface area contributed by atoms with Crippen LogP contribution in [0.15, 0.2) is 61.1 Å². The Morgan fingerprint density at radius 1 is 1.03 bits per heavy atom. The predicted octanol–water partition coefficient (Wildman–Crippen LogP) is 3.46. The molecule has 8 nitrogen and oxygen atoms in total. The molecule has 35 heavy (non-hydrogen) atoms. The standard InChI is InChI=1S/C26H23FN8/c27-19-6-2-1-5-17(19)26(14-28)16-8-11-35(13-18(16)26)21-12-31-24-23(33-34-25(24)32-21)22-15-4-3-9-29-20(15)7-10-30-22/h1-7,9-10,12,16,18H,8,11,13-14,28H2,(H,32,33,34)/t16-,18+,26-/m1/s1. The van der Waals surface area contributed by atoms with E-state index in [1.54, 1.807) is 24.7 Å². The zero-order chi connectivity index (χ0) is 23.6. The number of pyridine rings is 2. The third kappa shape index (κ3) is 2.91. The number of hydrogen-bond donors (Lipinski definition) is 2. The topological polar surface area (TPSA) is 110 Å². The second kappa shape index (κ2) is 7.51. The number of aromatic amines is 1. The first-order valence-electron chi connectivity index (χ1n) is 11.8. The lowest BCUT2D eigenvalue weighted by Crippen LogP contribution is -2.32. The molecule has 1 saturated heterocycles. The summed E-state index contributed by atoms with van der Waals surface area (Å²) in [5, 5.41) is 8.44. The summed E-state index contributed by atoms with van der Waals surface area (Å²) < 4.78 is 14.7. The van der Waals surface area contributed by atoms with E-state index in [2.05, 4.69) is 25.1 Å². The first-order chi connectivity index (χ1) is 17.2. The minimum atomic E-state index is -0.299. The average Bonchev–Trinajstić information content (AvgIpc) is 3.37. The number of anilines is 1. The molecule has 5 aromatic rings. The molecule has 3 N–H and O–H groups in total. The highest BCUT2D eigenvalue weighted by atomic mass is 19.1. The van der Waals surface area contributed by atoms with Crippen molar-refractivity contribution in [2.75, 3.05) is 24.5 Å². The van der Waals surface area contributed by atoms with Gasteiger partial charge in [-0.1, -0.05) is 18.2 Å². The van der Waals surface area contributed by atoms with Gasteiger partial charge in [-0.2, -0.15) is 5.10 Å². The molecule has 0 amide bonds. The van der Waals surface area contributed by atoms with E-state index in [0.29, 0.717) is 35.2 Å². The van der Waals surface area contributed by atoms with Crippen molar-refractivity contribution in [2.24, 2.45) is 17.6 Å². The molecule has 0 radical (unpaired) electrons. The third-order valence-corrected chi connectivity index (χ3v) is 7.88. The summed E-state index contributed by atoms with van der Waals surface area (Å²) in [4.78, 5) is 20.7. The summed E-state index contributed by atoms with van der Waals surface area (Å²) in [5.74, 6) is 1.30. The van der Waals surface area contributed by atoms with Crippen molar-refractivity contribution in [3.05, 3.63) is 72.4 Å². The molecule has 0 unspecified atom stereocenters. The number of rotatable bonds is 4. The number of fused-ring (bicyclic) bond motifs is 3. The van der Waals surface area contributed by atoms with Crippen molar-refractivity contribution < 1.29 is 4.39 Å². The van der Waals surface area contributed by atoms with Crippen molar-refractivity contribution in [2.45, 2.75) is 11.8 Å². The Morgan fingerprint density at radius 3 is 2.83 bits per heavy atom. The molecule has 1 saturated carbocycles. The van der Waals surface area contributed by atoms with Crippen molar-refractivity contribution in [3.63, 3.8) is 0 Å². The predicted molar refractivity (Wildman–Crippen MR) is 131 cm³/mol. The van der Waals surface area contributed by atoms with Gasteiger partial charge < -0.3 is 10.6 Å². The smallest absolute Gasteiger partial charge is 0.177 e. The Hall–Kier alpha value is -3.98. The van der Waals surface area contributed by atoms with Gasteiger partial charge in [0.2, 0.25) is 0 Å². The van der Waals surface area contributed by atoms with Crippen LogP contribution in [0.2, 0.25) is 0 Å². The molecule has 0 bridgehead atoms. The molecule has 1 aromatic carbocycles. The highest BCUT2D eigenvalue weighted by Crippen LogP contribution is 2.63. The molecule has 7 rings (SSSR count). The number of H-pyrrole nitrogens is 1. The van der Waals surface area contributed by atoms with E-state index >= 15 is 0 Å². The first-order valence-corrected chi connectivity index (χ1v) is 11.8. The SMILES string of the molecule is NC[C@]1(c2ccccc2F)[C@@H]2CCN(c3cnc4c(-c5nccc6ncccc56)n[nH]c4n3)C[C@@H]21. The highest BCUT2D eigenvalue weighted by Gasteiger charge is 2.66. The Bertz CT molecular complexity index is 1580. The molecule has 1 aliphatic heterocycles. The summed E-state index contributed by atoms with van der Waals surface area (Å²) in [5.41, 5.74) is 10.2. The zero-order valence-corrected chi connectivity index (χ0v) is 18.9. The zero-order valence-electron chi connectivity index (χ0n) is 18.9. The van der Waals surface area contributed by atoms with Crippen LogP contribution in [0.25, 0.3) is 33.5 Å². The van der Waals surface area contributed by atoms with E-state index in [0.717, 1.165) is 47.5 Å². The minimum Gasteiger partial charge on any atom is -0.355 e. The molecule has 1 aliphatic carbocycles. The van der Waals surface area contributed by atoms with Gasteiger partial charge in [0.05, 0.1) is 11.7 Å². The summed E-state index contributed by atoms with van der Waals surface area (Å²) in [6.07, 6.45) is 6.22. The maximum atomic E-state index is 14.7. The Kier molecular flexibility index (Phi) is 4.38. The van der Waals surface area contributed by atoms with Crippen LogP contribution in [0.5, 0.6) is 0 Å². The second-order valence-electron chi connectivity index (χ2n) is 9.40. The summed E-state index contributed by atoms with van der Waals surface area (Å²) >= 11 is 0.